The molecular weight excluding hydrogens is 420 g/mol. The van der Waals surface area contributed by atoms with Crippen molar-refractivity contribution in [3.63, 3.8) is 0 Å². The molecule has 1 aromatic carbocycles. The predicted molar refractivity (Wildman–Crippen MR) is 91.8 cm³/mol. The zero-order valence-electron chi connectivity index (χ0n) is 12.1. The van der Waals surface area contributed by atoms with E-state index in [1.54, 1.807) is 18.2 Å². The van der Waals surface area contributed by atoms with E-state index in [0.717, 1.165) is 23.9 Å². The minimum absolute atomic E-state index is 0.0925. The maximum atomic E-state index is 12.5. The molecule has 1 saturated heterocycles. The summed E-state index contributed by atoms with van der Waals surface area (Å²) in [6, 6.07) is 5.27. The summed E-state index contributed by atoms with van der Waals surface area (Å²) in [5, 5.41) is 3.41. The lowest BCUT2D eigenvalue weighted by Gasteiger charge is -2.39. The Morgan fingerprint density at radius 1 is 1.38 bits per heavy atom. The van der Waals surface area contributed by atoms with Gasteiger partial charge in [-0.1, -0.05) is 29.8 Å². The lowest BCUT2D eigenvalue weighted by molar-refractivity contribution is 0.181. The zero-order chi connectivity index (χ0) is 15.7. The van der Waals surface area contributed by atoms with Crippen LogP contribution in [-0.4, -0.2) is 27.5 Å². The van der Waals surface area contributed by atoms with Gasteiger partial charge in [0.15, 0.2) is 0 Å². The molecule has 1 heterocycles. The number of hydrogen-bond donors (Lipinski definition) is 2. The van der Waals surface area contributed by atoms with Crippen molar-refractivity contribution in [3.05, 3.63) is 27.1 Å². The summed E-state index contributed by atoms with van der Waals surface area (Å²) in [6.07, 6.45) is 2.24. The number of halogens is 2. The molecule has 0 aromatic heterocycles. The van der Waals surface area contributed by atoms with Crippen LogP contribution in [0, 0.1) is 5.41 Å². The van der Waals surface area contributed by atoms with E-state index in [2.05, 4.69) is 55.7 Å². The molecule has 21 heavy (non-hydrogen) atoms. The Morgan fingerprint density at radius 3 is 2.76 bits per heavy atom. The Bertz CT molecular complexity index is 617. The smallest absolute Gasteiger partial charge is 0.241 e. The number of rotatable bonds is 4. The van der Waals surface area contributed by atoms with Gasteiger partial charge in [-0.3, -0.25) is 0 Å². The van der Waals surface area contributed by atoms with Gasteiger partial charge in [-0.05, 0) is 58.9 Å². The van der Waals surface area contributed by atoms with E-state index >= 15 is 0 Å². The molecule has 0 aliphatic carbocycles. The molecule has 1 fully saturated rings. The molecule has 1 aliphatic heterocycles. The molecule has 4 nitrogen and oxygen atoms in total. The lowest BCUT2D eigenvalue weighted by atomic mass is 9.78. The van der Waals surface area contributed by atoms with Gasteiger partial charge in [-0.25, -0.2) is 13.1 Å². The first-order chi connectivity index (χ1) is 9.72. The molecule has 0 bridgehead atoms. The van der Waals surface area contributed by atoms with Gasteiger partial charge in [0.2, 0.25) is 10.0 Å². The Hall–Kier alpha value is 0.0500. The minimum Gasteiger partial charge on any atom is -0.312 e. The molecule has 2 rings (SSSR count). The molecule has 118 valence electrons. The van der Waals surface area contributed by atoms with Crippen molar-refractivity contribution in [1.29, 1.82) is 0 Å². The van der Waals surface area contributed by atoms with Crippen molar-refractivity contribution in [2.45, 2.75) is 37.6 Å². The van der Waals surface area contributed by atoms with E-state index in [0.29, 0.717) is 11.0 Å². The minimum atomic E-state index is -3.53. The summed E-state index contributed by atoms with van der Waals surface area (Å²) in [5.74, 6) is 0. The average molecular weight is 440 g/mol. The van der Waals surface area contributed by atoms with Crippen LogP contribution in [0.4, 0.5) is 0 Å². The van der Waals surface area contributed by atoms with Gasteiger partial charge in [0.1, 0.15) is 0 Å². The molecule has 1 atom stereocenters. The van der Waals surface area contributed by atoms with Crippen LogP contribution in [0.15, 0.2) is 32.0 Å². The van der Waals surface area contributed by atoms with E-state index < -0.39 is 10.0 Å². The van der Waals surface area contributed by atoms with Gasteiger partial charge in [0.25, 0.3) is 0 Å². The van der Waals surface area contributed by atoms with Crippen LogP contribution in [-0.2, 0) is 10.0 Å². The number of sulfonamides is 1. The molecule has 0 radical (unpaired) electrons. The van der Waals surface area contributed by atoms with Crippen molar-refractivity contribution in [3.8, 4) is 0 Å². The normalized spacial score (nSPS) is 22.2. The maximum absolute atomic E-state index is 12.5. The zero-order valence-corrected chi connectivity index (χ0v) is 16.1. The Morgan fingerprint density at radius 2 is 2.10 bits per heavy atom. The fraction of sp³-hybridized carbons (Fsp3) is 0.571. The highest BCUT2D eigenvalue weighted by atomic mass is 79.9. The summed E-state index contributed by atoms with van der Waals surface area (Å²) in [5.41, 5.74) is 0.0925. The van der Waals surface area contributed by atoms with Gasteiger partial charge in [0, 0.05) is 21.5 Å². The summed E-state index contributed by atoms with van der Waals surface area (Å²) < 4.78 is 29.0. The number of hydrogen-bond acceptors (Lipinski definition) is 3. The van der Waals surface area contributed by atoms with Crippen molar-refractivity contribution < 1.29 is 8.42 Å². The van der Waals surface area contributed by atoms with Crippen LogP contribution < -0.4 is 10.0 Å². The summed E-state index contributed by atoms with van der Waals surface area (Å²) in [7, 11) is -3.53. The van der Waals surface area contributed by atoms with Crippen LogP contribution in [0.2, 0.25) is 0 Å². The highest BCUT2D eigenvalue weighted by molar-refractivity contribution is 9.11. The van der Waals surface area contributed by atoms with Crippen LogP contribution >= 0.6 is 31.9 Å². The molecule has 1 aliphatic rings. The van der Waals surface area contributed by atoms with Crippen molar-refractivity contribution in [2.75, 3.05) is 13.1 Å². The highest BCUT2D eigenvalue weighted by Gasteiger charge is 2.33. The quantitative estimate of drug-likeness (QED) is 0.756. The first-order valence-corrected chi connectivity index (χ1v) is 9.97. The van der Waals surface area contributed by atoms with Gasteiger partial charge >= 0.3 is 0 Å². The number of piperidine rings is 1. The predicted octanol–water partition coefficient (Wildman–Crippen LogP) is 3.27. The van der Waals surface area contributed by atoms with Crippen molar-refractivity contribution >= 4 is 41.9 Å². The SMILES string of the molecule is CC1(C)CCCNC1CNS(=O)(=O)c1cc(Br)ccc1Br. The molecule has 0 saturated carbocycles. The largest absolute Gasteiger partial charge is 0.312 e. The van der Waals surface area contributed by atoms with Crippen LogP contribution in [0.5, 0.6) is 0 Å². The lowest BCUT2D eigenvalue weighted by Crippen LogP contribution is -2.52. The summed E-state index contributed by atoms with van der Waals surface area (Å²) in [4.78, 5) is 0.255. The summed E-state index contributed by atoms with van der Waals surface area (Å²) in [6.45, 7) is 5.69. The van der Waals surface area contributed by atoms with E-state index in [1.807, 2.05) is 0 Å². The third-order valence-corrected chi connectivity index (χ3v) is 6.90. The van der Waals surface area contributed by atoms with Crippen LogP contribution in [0.25, 0.3) is 0 Å². The fourth-order valence-corrected chi connectivity index (χ4v) is 5.12. The molecule has 7 heteroatoms. The Labute approximate surface area is 143 Å². The molecular formula is C14H20Br2N2O2S. The van der Waals surface area contributed by atoms with Crippen molar-refractivity contribution in [2.24, 2.45) is 5.41 Å². The fourth-order valence-electron chi connectivity index (χ4n) is 2.57. The first kappa shape index (κ1) is 17.4. The number of benzene rings is 1. The van der Waals surface area contributed by atoms with E-state index in [1.165, 1.54) is 0 Å². The second-order valence-electron chi connectivity index (χ2n) is 6.03. The topological polar surface area (TPSA) is 58.2 Å². The Balaban J connectivity index is 2.13. The second-order valence-corrected chi connectivity index (χ2v) is 9.53. The van der Waals surface area contributed by atoms with Gasteiger partial charge in [0.05, 0.1) is 4.90 Å². The van der Waals surface area contributed by atoms with E-state index in [9.17, 15) is 8.42 Å². The standard InChI is InChI=1S/C14H20Br2N2O2S/c1-14(2)6-3-7-17-13(14)9-18-21(19,20)12-8-10(15)4-5-11(12)16/h4-5,8,13,17-18H,3,6-7,9H2,1-2H3. The van der Waals surface area contributed by atoms with Crippen LogP contribution in [0.1, 0.15) is 26.7 Å². The van der Waals surface area contributed by atoms with Gasteiger partial charge in [-0.2, -0.15) is 0 Å². The summed E-state index contributed by atoms with van der Waals surface area (Å²) >= 11 is 6.61. The molecule has 1 unspecified atom stereocenters. The van der Waals surface area contributed by atoms with Gasteiger partial charge in [-0.15, -0.1) is 0 Å². The van der Waals surface area contributed by atoms with Gasteiger partial charge < -0.3 is 5.32 Å². The van der Waals surface area contributed by atoms with E-state index in [4.69, 9.17) is 0 Å². The van der Waals surface area contributed by atoms with E-state index in [-0.39, 0.29) is 16.4 Å². The average Bonchev–Trinajstić information content (AvgIpc) is 2.39. The molecule has 0 amide bonds. The second kappa shape index (κ2) is 6.66. The third-order valence-electron chi connectivity index (χ3n) is 3.99. The van der Waals surface area contributed by atoms with Crippen LogP contribution in [0.3, 0.4) is 0 Å². The van der Waals surface area contributed by atoms with Crippen molar-refractivity contribution in [1.82, 2.24) is 10.0 Å². The molecule has 2 N–H and O–H groups in total. The molecule has 1 aromatic rings. The third kappa shape index (κ3) is 4.28. The highest BCUT2D eigenvalue weighted by Crippen LogP contribution is 2.30. The monoisotopic (exact) mass is 438 g/mol. The first-order valence-electron chi connectivity index (χ1n) is 6.90. The maximum Gasteiger partial charge on any atom is 0.241 e. The number of nitrogens with one attached hydrogen (secondary N) is 2. The Kier molecular flexibility index (Phi) is 5.52. The molecule has 0 spiro atoms.